The first-order valence-electron chi connectivity index (χ1n) is 5.82. The Morgan fingerprint density at radius 1 is 1.05 bits per heavy atom. The van der Waals surface area contributed by atoms with Crippen molar-refractivity contribution in [3.8, 4) is 22.6 Å². The highest BCUT2D eigenvalue weighted by molar-refractivity contribution is 5.90. The van der Waals surface area contributed by atoms with E-state index >= 15 is 0 Å². The Morgan fingerprint density at radius 3 is 2.40 bits per heavy atom. The van der Waals surface area contributed by atoms with Crippen LogP contribution in [0.1, 0.15) is 10.4 Å². The maximum Gasteiger partial charge on any atom is 0.335 e. The van der Waals surface area contributed by atoms with E-state index in [0.29, 0.717) is 17.1 Å². The van der Waals surface area contributed by atoms with Crippen molar-refractivity contribution >= 4 is 5.97 Å². The molecule has 0 bridgehead atoms. The molecule has 0 saturated heterocycles. The van der Waals surface area contributed by atoms with Gasteiger partial charge in [-0.05, 0) is 36.4 Å². The van der Waals surface area contributed by atoms with Crippen molar-refractivity contribution in [1.82, 2.24) is 0 Å². The van der Waals surface area contributed by atoms with E-state index in [2.05, 4.69) is 0 Å². The Hall–Kier alpha value is -2.56. The molecule has 0 saturated carbocycles. The number of carboxylic acid groups (broad SMARTS) is 1. The third-order valence-corrected chi connectivity index (χ3v) is 2.91. The number of carboxylic acids is 1. The lowest BCUT2D eigenvalue weighted by molar-refractivity contribution is 0.0697. The summed E-state index contributed by atoms with van der Waals surface area (Å²) < 4.78 is 24.3. The molecular formula is C15H13FO4. The van der Waals surface area contributed by atoms with E-state index in [9.17, 15) is 9.18 Å². The molecular weight excluding hydrogens is 263 g/mol. The predicted molar refractivity (Wildman–Crippen MR) is 71.9 cm³/mol. The van der Waals surface area contributed by atoms with Gasteiger partial charge in [-0.15, -0.1) is 0 Å². The summed E-state index contributed by atoms with van der Waals surface area (Å²) in [6.07, 6.45) is 0. The van der Waals surface area contributed by atoms with Gasteiger partial charge in [0, 0.05) is 11.1 Å². The van der Waals surface area contributed by atoms with Crippen molar-refractivity contribution in [3.05, 3.63) is 47.8 Å². The molecule has 4 nitrogen and oxygen atoms in total. The second-order valence-corrected chi connectivity index (χ2v) is 4.07. The van der Waals surface area contributed by atoms with Gasteiger partial charge in [0.2, 0.25) is 0 Å². The fourth-order valence-corrected chi connectivity index (χ4v) is 1.89. The Balaban J connectivity index is 2.65. The van der Waals surface area contributed by atoms with Crippen LogP contribution < -0.4 is 9.47 Å². The number of hydrogen-bond donors (Lipinski definition) is 1. The summed E-state index contributed by atoms with van der Waals surface area (Å²) in [5.74, 6) is -0.678. The van der Waals surface area contributed by atoms with Gasteiger partial charge in [-0.25, -0.2) is 9.18 Å². The van der Waals surface area contributed by atoms with Crippen molar-refractivity contribution < 1.29 is 23.8 Å². The summed E-state index contributed by atoms with van der Waals surface area (Å²) in [5, 5.41) is 9.00. The maximum atomic E-state index is 14.0. The van der Waals surface area contributed by atoms with E-state index < -0.39 is 11.8 Å². The minimum Gasteiger partial charge on any atom is -0.497 e. The summed E-state index contributed by atoms with van der Waals surface area (Å²) in [7, 11) is 2.96. The van der Waals surface area contributed by atoms with Crippen LogP contribution in [0.15, 0.2) is 36.4 Å². The van der Waals surface area contributed by atoms with Crippen LogP contribution in [0, 0.1) is 5.82 Å². The molecule has 0 aliphatic heterocycles. The van der Waals surface area contributed by atoms with E-state index in [1.165, 1.54) is 26.4 Å². The first-order valence-corrected chi connectivity index (χ1v) is 5.82. The van der Waals surface area contributed by atoms with Gasteiger partial charge in [0.1, 0.15) is 17.3 Å². The molecule has 2 aromatic rings. The van der Waals surface area contributed by atoms with E-state index in [1.807, 2.05) is 0 Å². The Morgan fingerprint density at radius 2 is 1.80 bits per heavy atom. The lowest BCUT2D eigenvalue weighted by atomic mass is 10.0. The molecule has 0 heterocycles. The molecule has 0 aliphatic rings. The molecule has 0 atom stereocenters. The summed E-state index contributed by atoms with van der Waals surface area (Å²) in [4.78, 5) is 11.0. The van der Waals surface area contributed by atoms with Gasteiger partial charge >= 0.3 is 5.97 Å². The Labute approximate surface area is 115 Å². The van der Waals surface area contributed by atoms with Crippen molar-refractivity contribution in [2.75, 3.05) is 14.2 Å². The van der Waals surface area contributed by atoms with Gasteiger partial charge in [-0.3, -0.25) is 0 Å². The molecule has 0 unspecified atom stereocenters. The molecule has 2 aromatic carbocycles. The van der Waals surface area contributed by atoms with Crippen LogP contribution in [0.4, 0.5) is 4.39 Å². The number of hydrogen-bond acceptors (Lipinski definition) is 3. The second kappa shape index (κ2) is 5.61. The maximum absolute atomic E-state index is 14.0. The minimum atomic E-state index is -1.12. The largest absolute Gasteiger partial charge is 0.497 e. The predicted octanol–water partition coefficient (Wildman–Crippen LogP) is 3.21. The standard InChI is InChI=1S/C15H13FO4/c1-19-10-4-6-14(20-2)12(8-10)11-7-9(15(17)18)3-5-13(11)16/h3-8H,1-2H3,(H,17,18). The molecule has 0 aromatic heterocycles. The zero-order chi connectivity index (χ0) is 14.7. The SMILES string of the molecule is COc1ccc(OC)c(-c2cc(C(=O)O)ccc2F)c1. The van der Waals surface area contributed by atoms with Crippen LogP contribution in [0.2, 0.25) is 0 Å². The summed E-state index contributed by atoms with van der Waals surface area (Å²) >= 11 is 0. The van der Waals surface area contributed by atoms with Crippen molar-refractivity contribution in [2.24, 2.45) is 0 Å². The van der Waals surface area contributed by atoms with E-state index in [0.717, 1.165) is 6.07 Å². The first-order chi connectivity index (χ1) is 9.56. The normalized spacial score (nSPS) is 10.2. The lowest BCUT2D eigenvalue weighted by Gasteiger charge is -2.12. The topological polar surface area (TPSA) is 55.8 Å². The third kappa shape index (κ3) is 2.56. The minimum absolute atomic E-state index is 0.00581. The molecule has 0 aliphatic carbocycles. The number of aromatic carboxylic acids is 1. The van der Waals surface area contributed by atoms with Gasteiger partial charge in [-0.2, -0.15) is 0 Å². The number of benzene rings is 2. The van der Waals surface area contributed by atoms with Gasteiger partial charge in [0.05, 0.1) is 19.8 Å². The van der Waals surface area contributed by atoms with Gasteiger partial charge in [0.15, 0.2) is 0 Å². The Bertz CT molecular complexity index is 652. The lowest BCUT2D eigenvalue weighted by Crippen LogP contribution is -1.99. The fourth-order valence-electron chi connectivity index (χ4n) is 1.89. The quantitative estimate of drug-likeness (QED) is 0.931. The van der Waals surface area contributed by atoms with Gasteiger partial charge in [-0.1, -0.05) is 0 Å². The molecule has 1 N–H and O–H groups in total. The molecule has 20 heavy (non-hydrogen) atoms. The average Bonchev–Trinajstić information content (AvgIpc) is 2.46. The number of rotatable bonds is 4. The third-order valence-electron chi connectivity index (χ3n) is 2.91. The van der Waals surface area contributed by atoms with E-state index in [1.54, 1.807) is 18.2 Å². The zero-order valence-corrected chi connectivity index (χ0v) is 11.0. The van der Waals surface area contributed by atoms with Crippen molar-refractivity contribution in [3.63, 3.8) is 0 Å². The van der Waals surface area contributed by atoms with Crippen LogP contribution in [0.25, 0.3) is 11.1 Å². The molecule has 104 valence electrons. The van der Waals surface area contributed by atoms with E-state index in [-0.39, 0.29) is 11.1 Å². The van der Waals surface area contributed by atoms with Crippen LogP contribution >= 0.6 is 0 Å². The monoisotopic (exact) mass is 276 g/mol. The van der Waals surface area contributed by atoms with Crippen molar-refractivity contribution in [2.45, 2.75) is 0 Å². The number of halogens is 1. The van der Waals surface area contributed by atoms with Crippen LogP contribution in [-0.4, -0.2) is 25.3 Å². The van der Waals surface area contributed by atoms with Crippen LogP contribution in [0.5, 0.6) is 11.5 Å². The highest BCUT2D eigenvalue weighted by Crippen LogP contribution is 2.35. The summed E-state index contributed by atoms with van der Waals surface area (Å²) in [5.41, 5.74) is 0.597. The highest BCUT2D eigenvalue weighted by atomic mass is 19.1. The van der Waals surface area contributed by atoms with E-state index in [4.69, 9.17) is 14.6 Å². The molecule has 0 amide bonds. The number of methoxy groups -OCH3 is 2. The second-order valence-electron chi connectivity index (χ2n) is 4.07. The number of carbonyl (C=O) groups is 1. The molecule has 0 fully saturated rings. The van der Waals surface area contributed by atoms with Crippen molar-refractivity contribution in [1.29, 1.82) is 0 Å². The zero-order valence-electron chi connectivity index (χ0n) is 11.0. The summed E-state index contributed by atoms with van der Waals surface area (Å²) in [6.45, 7) is 0. The number of ether oxygens (including phenoxy) is 2. The molecule has 5 heteroatoms. The molecule has 0 spiro atoms. The van der Waals surface area contributed by atoms with Gasteiger partial charge < -0.3 is 14.6 Å². The Kier molecular flexibility index (Phi) is 3.89. The average molecular weight is 276 g/mol. The summed E-state index contributed by atoms with van der Waals surface area (Å²) in [6, 6.07) is 8.53. The molecule has 0 radical (unpaired) electrons. The smallest absolute Gasteiger partial charge is 0.335 e. The first kappa shape index (κ1) is 13.9. The molecule has 2 rings (SSSR count). The fraction of sp³-hybridized carbons (Fsp3) is 0.133. The van der Waals surface area contributed by atoms with Gasteiger partial charge in [0.25, 0.3) is 0 Å². The van der Waals surface area contributed by atoms with Crippen LogP contribution in [-0.2, 0) is 0 Å². The highest BCUT2D eigenvalue weighted by Gasteiger charge is 2.14. The van der Waals surface area contributed by atoms with Crippen LogP contribution in [0.3, 0.4) is 0 Å².